The smallest absolute Gasteiger partial charge is 0.246 e. The molecule has 0 bridgehead atoms. The molecule has 0 radical (unpaired) electrons. The van der Waals surface area contributed by atoms with E-state index < -0.39 is 5.82 Å². The average molecular weight is 506 g/mol. The number of rotatable bonds is 10. The highest BCUT2D eigenvalue weighted by molar-refractivity contribution is 5.92. The van der Waals surface area contributed by atoms with Gasteiger partial charge >= 0.3 is 0 Å². The van der Waals surface area contributed by atoms with E-state index >= 15 is 0 Å². The van der Waals surface area contributed by atoms with Crippen molar-refractivity contribution in [2.45, 2.75) is 13.0 Å². The number of carbonyl (C=O) groups excluding carboxylic acids is 1. The normalized spacial score (nSPS) is 14.0. The second kappa shape index (κ2) is 11.8. The molecule has 2 aromatic heterocycles. The Labute approximate surface area is 213 Å². The van der Waals surface area contributed by atoms with Gasteiger partial charge in [0.2, 0.25) is 5.91 Å². The lowest BCUT2D eigenvalue weighted by molar-refractivity contribution is -0.116. The Morgan fingerprint density at radius 1 is 1.11 bits per heavy atom. The van der Waals surface area contributed by atoms with Gasteiger partial charge in [-0.05, 0) is 36.8 Å². The predicted octanol–water partition coefficient (Wildman–Crippen LogP) is 3.45. The molecule has 2 N–H and O–H groups in total. The summed E-state index contributed by atoms with van der Waals surface area (Å²) in [7, 11) is 0. The van der Waals surface area contributed by atoms with Gasteiger partial charge in [-0.15, -0.1) is 0 Å². The van der Waals surface area contributed by atoms with Crippen molar-refractivity contribution in [2.24, 2.45) is 0 Å². The zero-order valence-corrected chi connectivity index (χ0v) is 20.3. The molecule has 0 spiro atoms. The largest absolute Gasteiger partial charge is 0.493 e. The van der Waals surface area contributed by atoms with E-state index in [0.717, 1.165) is 55.9 Å². The molecule has 192 valence electrons. The van der Waals surface area contributed by atoms with Crippen LogP contribution in [0.3, 0.4) is 0 Å². The zero-order chi connectivity index (χ0) is 25.5. The number of benzene rings is 2. The molecule has 11 heteroatoms. The lowest BCUT2D eigenvalue weighted by atomic mass is 10.2. The van der Waals surface area contributed by atoms with E-state index in [1.165, 1.54) is 29.2 Å². The maximum atomic E-state index is 13.3. The molecule has 5 rings (SSSR count). The van der Waals surface area contributed by atoms with E-state index in [9.17, 15) is 9.18 Å². The number of morpholine rings is 1. The number of halogens is 1. The first-order chi connectivity index (χ1) is 18.1. The fourth-order valence-electron chi connectivity index (χ4n) is 4.09. The number of hydrogen-bond donors (Lipinski definition) is 2. The molecule has 1 amide bonds. The van der Waals surface area contributed by atoms with Gasteiger partial charge in [0, 0.05) is 43.0 Å². The van der Waals surface area contributed by atoms with E-state index in [4.69, 9.17) is 9.47 Å². The number of amides is 1. The van der Waals surface area contributed by atoms with E-state index in [-0.39, 0.29) is 12.5 Å². The summed E-state index contributed by atoms with van der Waals surface area (Å²) in [5, 5.41) is 10.9. The fourth-order valence-corrected chi connectivity index (χ4v) is 4.09. The van der Waals surface area contributed by atoms with Gasteiger partial charge in [-0.25, -0.2) is 14.4 Å². The predicted molar refractivity (Wildman–Crippen MR) is 137 cm³/mol. The number of nitrogens with one attached hydrogen (secondary N) is 2. The van der Waals surface area contributed by atoms with Gasteiger partial charge in [0.15, 0.2) is 0 Å². The molecule has 0 aliphatic carbocycles. The standard InChI is InChI=1S/C26H28FN7O3/c27-19-3-1-4-20(13-19)31-25(35)17-34-16-21(15-30-34)32-26-23-6-5-22(14-24(23)28-18-29-26)37-10-2-7-33-8-11-36-12-9-33/h1,3-6,13-16,18H,2,7-12,17H2,(H,31,35)(H,28,29,32). The molecule has 3 heterocycles. The van der Waals surface area contributed by atoms with Crippen molar-refractivity contribution in [3.05, 3.63) is 67.0 Å². The summed E-state index contributed by atoms with van der Waals surface area (Å²) in [5.41, 5.74) is 1.82. The van der Waals surface area contributed by atoms with E-state index in [0.29, 0.717) is 23.8 Å². The molecule has 1 saturated heterocycles. The third-order valence-corrected chi connectivity index (χ3v) is 5.91. The van der Waals surface area contributed by atoms with Gasteiger partial charge in [0.05, 0.1) is 37.2 Å². The van der Waals surface area contributed by atoms with Crippen LogP contribution >= 0.6 is 0 Å². The van der Waals surface area contributed by atoms with Crippen molar-refractivity contribution in [3.63, 3.8) is 0 Å². The second-order valence-electron chi connectivity index (χ2n) is 8.67. The van der Waals surface area contributed by atoms with Crippen LogP contribution in [0.5, 0.6) is 5.75 Å². The van der Waals surface area contributed by atoms with Crippen LogP contribution in [0.25, 0.3) is 10.9 Å². The number of anilines is 3. The topological polar surface area (TPSA) is 106 Å². The van der Waals surface area contributed by atoms with Crippen LogP contribution < -0.4 is 15.4 Å². The van der Waals surface area contributed by atoms with Gasteiger partial charge < -0.3 is 20.1 Å². The van der Waals surface area contributed by atoms with Crippen molar-refractivity contribution >= 4 is 34.0 Å². The third kappa shape index (κ3) is 6.78. The van der Waals surface area contributed by atoms with Gasteiger partial charge in [-0.3, -0.25) is 14.4 Å². The minimum Gasteiger partial charge on any atom is -0.493 e. The highest BCUT2D eigenvalue weighted by Crippen LogP contribution is 2.26. The summed E-state index contributed by atoms with van der Waals surface area (Å²) < 4.78 is 26.1. The summed E-state index contributed by atoms with van der Waals surface area (Å²) in [6.07, 6.45) is 5.74. The van der Waals surface area contributed by atoms with Crippen LogP contribution in [-0.4, -0.2) is 70.0 Å². The lowest BCUT2D eigenvalue weighted by Gasteiger charge is -2.26. The highest BCUT2D eigenvalue weighted by Gasteiger charge is 2.11. The van der Waals surface area contributed by atoms with Crippen LogP contribution in [0.4, 0.5) is 21.6 Å². The third-order valence-electron chi connectivity index (χ3n) is 5.91. The summed E-state index contributed by atoms with van der Waals surface area (Å²) in [6.45, 7) is 5.16. The summed E-state index contributed by atoms with van der Waals surface area (Å²) in [4.78, 5) is 23.4. The fraction of sp³-hybridized carbons (Fsp3) is 0.308. The van der Waals surface area contributed by atoms with E-state index in [1.54, 1.807) is 18.5 Å². The lowest BCUT2D eigenvalue weighted by Crippen LogP contribution is -2.37. The maximum Gasteiger partial charge on any atom is 0.246 e. The van der Waals surface area contributed by atoms with Crippen molar-refractivity contribution in [1.29, 1.82) is 0 Å². The van der Waals surface area contributed by atoms with Gasteiger partial charge in [0.25, 0.3) is 0 Å². The van der Waals surface area contributed by atoms with Crippen LogP contribution in [0.1, 0.15) is 6.42 Å². The minimum absolute atomic E-state index is 0.0189. The number of fused-ring (bicyclic) bond motifs is 1. The molecule has 0 atom stereocenters. The van der Waals surface area contributed by atoms with Crippen LogP contribution in [0.15, 0.2) is 61.2 Å². The van der Waals surface area contributed by atoms with Crippen molar-refractivity contribution in [2.75, 3.05) is 50.1 Å². The SMILES string of the molecule is O=C(Cn1cc(Nc2ncnc3cc(OCCCN4CCOCC4)ccc23)cn1)Nc1cccc(F)c1. The first kappa shape index (κ1) is 24.6. The Kier molecular flexibility index (Phi) is 7.82. The van der Waals surface area contributed by atoms with E-state index in [2.05, 4.69) is 30.6 Å². The average Bonchev–Trinajstić information content (AvgIpc) is 3.33. The molecule has 10 nitrogen and oxygen atoms in total. The second-order valence-corrected chi connectivity index (χ2v) is 8.67. The summed E-state index contributed by atoms with van der Waals surface area (Å²) >= 11 is 0. The minimum atomic E-state index is -0.414. The number of hydrogen-bond acceptors (Lipinski definition) is 8. The first-order valence-corrected chi connectivity index (χ1v) is 12.1. The monoisotopic (exact) mass is 505 g/mol. The number of ether oxygens (including phenoxy) is 2. The molecule has 1 fully saturated rings. The van der Waals surface area contributed by atoms with E-state index in [1.807, 2.05) is 18.2 Å². The molecule has 4 aromatic rings. The van der Waals surface area contributed by atoms with Crippen LogP contribution in [0, 0.1) is 5.82 Å². The molecule has 2 aromatic carbocycles. The van der Waals surface area contributed by atoms with Crippen LogP contribution in [0.2, 0.25) is 0 Å². The maximum absolute atomic E-state index is 13.3. The van der Waals surface area contributed by atoms with Crippen molar-refractivity contribution < 1.29 is 18.7 Å². The van der Waals surface area contributed by atoms with Crippen LogP contribution in [-0.2, 0) is 16.1 Å². The molecular formula is C26H28FN7O3. The Morgan fingerprint density at radius 3 is 2.86 bits per heavy atom. The van der Waals surface area contributed by atoms with Gasteiger partial charge in [-0.1, -0.05) is 6.07 Å². The quantitative estimate of drug-likeness (QED) is 0.316. The zero-order valence-electron chi connectivity index (χ0n) is 20.3. The first-order valence-electron chi connectivity index (χ1n) is 12.1. The molecule has 1 aliphatic heterocycles. The van der Waals surface area contributed by atoms with Gasteiger partial charge in [0.1, 0.15) is 30.3 Å². The summed E-state index contributed by atoms with van der Waals surface area (Å²) in [6, 6.07) is 11.5. The number of aromatic nitrogens is 4. The number of nitrogens with zero attached hydrogens (tertiary/aromatic N) is 5. The Balaban J connectivity index is 1.16. The van der Waals surface area contributed by atoms with Crippen molar-refractivity contribution in [1.82, 2.24) is 24.6 Å². The molecule has 0 unspecified atom stereocenters. The molecule has 1 aliphatic rings. The molecule has 37 heavy (non-hydrogen) atoms. The Hall–Kier alpha value is -4.09. The highest BCUT2D eigenvalue weighted by atomic mass is 19.1. The Bertz CT molecular complexity index is 1360. The summed E-state index contributed by atoms with van der Waals surface area (Å²) in [5.74, 6) is 0.650. The molecular weight excluding hydrogens is 477 g/mol. The molecule has 0 saturated carbocycles. The van der Waals surface area contributed by atoms with Gasteiger partial charge in [-0.2, -0.15) is 5.10 Å². The number of carbonyl (C=O) groups is 1. The Morgan fingerprint density at radius 2 is 2.00 bits per heavy atom. The van der Waals surface area contributed by atoms with Crippen molar-refractivity contribution in [3.8, 4) is 5.75 Å².